The van der Waals surface area contributed by atoms with E-state index in [9.17, 15) is 18.0 Å². The molecule has 0 aliphatic heterocycles. The highest BCUT2D eigenvalue weighted by Gasteiger charge is 2.28. The first-order chi connectivity index (χ1) is 7.92. The van der Waals surface area contributed by atoms with Crippen LogP contribution in [0.3, 0.4) is 0 Å². The van der Waals surface area contributed by atoms with E-state index < -0.39 is 13.0 Å². The third-order valence-electron chi connectivity index (χ3n) is 1.71. The second kappa shape index (κ2) is 5.88. The zero-order valence-corrected chi connectivity index (χ0v) is 9.22. The van der Waals surface area contributed by atoms with Gasteiger partial charge >= 0.3 is 6.36 Å². The molecule has 0 radical (unpaired) electrons. The van der Waals surface area contributed by atoms with Gasteiger partial charge in [-0.1, -0.05) is 11.6 Å². The van der Waals surface area contributed by atoms with Crippen molar-refractivity contribution in [2.75, 3.05) is 13.2 Å². The molecule has 0 unspecified atom stereocenters. The average Bonchev–Trinajstić information content (AvgIpc) is 2.24. The highest BCUT2D eigenvalue weighted by Crippen LogP contribution is 2.21. The molecule has 0 saturated heterocycles. The standard InChI is InChI=1S/C10H8ClF3O3/c11-8-1-2-9(7(5-8)6-15)16-3-4-17-10(12,13)14/h1-2,5-6H,3-4H2. The maximum atomic E-state index is 11.6. The van der Waals surface area contributed by atoms with Crippen LogP contribution < -0.4 is 4.74 Å². The van der Waals surface area contributed by atoms with Crippen LogP contribution in [0.4, 0.5) is 13.2 Å². The van der Waals surface area contributed by atoms with Crippen molar-refractivity contribution < 1.29 is 27.4 Å². The van der Waals surface area contributed by atoms with Gasteiger partial charge in [-0.15, -0.1) is 13.2 Å². The molecule has 0 N–H and O–H groups in total. The van der Waals surface area contributed by atoms with Crippen molar-refractivity contribution in [1.82, 2.24) is 0 Å². The summed E-state index contributed by atoms with van der Waals surface area (Å²) in [4.78, 5) is 10.6. The first kappa shape index (κ1) is 13.8. The van der Waals surface area contributed by atoms with Gasteiger partial charge in [0.1, 0.15) is 12.4 Å². The summed E-state index contributed by atoms with van der Waals surface area (Å²) >= 11 is 5.63. The number of benzene rings is 1. The van der Waals surface area contributed by atoms with E-state index in [1.807, 2.05) is 0 Å². The lowest BCUT2D eigenvalue weighted by Gasteiger charge is -2.10. The number of carbonyl (C=O) groups is 1. The van der Waals surface area contributed by atoms with Gasteiger partial charge in [-0.3, -0.25) is 9.53 Å². The van der Waals surface area contributed by atoms with Crippen molar-refractivity contribution in [2.24, 2.45) is 0 Å². The van der Waals surface area contributed by atoms with Gasteiger partial charge in [0, 0.05) is 5.02 Å². The zero-order valence-electron chi connectivity index (χ0n) is 8.46. The van der Waals surface area contributed by atoms with Crippen LogP contribution in [0.2, 0.25) is 5.02 Å². The van der Waals surface area contributed by atoms with Gasteiger partial charge < -0.3 is 4.74 Å². The number of aldehydes is 1. The Bertz CT molecular complexity index is 393. The molecule has 0 spiro atoms. The minimum Gasteiger partial charge on any atom is -0.490 e. The third kappa shape index (κ3) is 5.06. The summed E-state index contributed by atoms with van der Waals surface area (Å²) in [7, 11) is 0. The smallest absolute Gasteiger partial charge is 0.490 e. The van der Waals surface area contributed by atoms with Gasteiger partial charge in [-0.05, 0) is 18.2 Å². The zero-order chi connectivity index (χ0) is 12.9. The normalized spacial score (nSPS) is 11.3. The minimum atomic E-state index is -4.68. The van der Waals surface area contributed by atoms with Crippen molar-refractivity contribution in [3.8, 4) is 5.75 Å². The van der Waals surface area contributed by atoms with E-state index in [1.165, 1.54) is 18.2 Å². The lowest BCUT2D eigenvalue weighted by atomic mass is 10.2. The number of alkyl halides is 3. The number of carbonyl (C=O) groups excluding carboxylic acids is 1. The predicted molar refractivity (Wildman–Crippen MR) is 54.3 cm³/mol. The molecular weight excluding hydrogens is 261 g/mol. The average molecular weight is 269 g/mol. The van der Waals surface area contributed by atoms with Crippen LogP contribution in [0.15, 0.2) is 18.2 Å². The summed E-state index contributed by atoms with van der Waals surface area (Å²) < 4.78 is 43.4. The number of halogens is 4. The molecule has 94 valence electrons. The summed E-state index contributed by atoms with van der Waals surface area (Å²) in [5.74, 6) is 0.162. The van der Waals surface area contributed by atoms with Crippen LogP contribution >= 0.6 is 11.6 Å². The lowest BCUT2D eigenvalue weighted by Crippen LogP contribution is -2.18. The maximum absolute atomic E-state index is 11.6. The first-order valence-electron chi connectivity index (χ1n) is 4.50. The van der Waals surface area contributed by atoms with Crippen molar-refractivity contribution in [3.05, 3.63) is 28.8 Å². The van der Waals surface area contributed by atoms with Gasteiger partial charge in [-0.25, -0.2) is 0 Å². The van der Waals surface area contributed by atoms with E-state index in [4.69, 9.17) is 16.3 Å². The van der Waals surface area contributed by atoms with Gasteiger partial charge in [0.15, 0.2) is 6.29 Å². The first-order valence-corrected chi connectivity index (χ1v) is 4.88. The fraction of sp³-hybridized carbons (Fsp3) is 0.300. The Morgan fingerprint density at radius 1 is 1.29 bits per heavy atom. The Labute approximate surface area is 100 Å². The summed E-state index contributed by atoms with van der Waals surface area (Å²) in [6.45, 7) is -0.966. The second-order valence-electron chi connectivity index (χ2n) is 2.94. The molecule has 0 saturated carbocycles. The predicted octanol–water partition coefficient (Wildman–Crippen LogP) is 3.07. The van der Waals surface area contributed by atoms with E-state index in [0.29, 0.717) is 11.3 Å². The minimum absolute atomic E-state index is 0.162. The molecular formula is C10H8ClF3O3. The Morgan fingerprint density at radius 2 is 2.00 bits per heavy atom. The van der Waals surface area contributed by atoms with E-state index >= 15 is 0 Å². The highest BCUT2D eigenvalue weighted by molar-refractivity contribution is 6.30. The molecule has 0 amide bonds. The van der Waals surface area contributed by atoms with Crippen LogP contribution in [-0.4, -0.2) is 25.9 Å². The van der Waals surface area contributed by atoms with Crippen LogP contribution in [-0.2, 0) is 4.74 Å². The number of hydrogen-bond donors (Lipinski definition) is 0. The molecule has 1 aromatic rings. The van der Waals surface area contributed by atoms with Crippen LogP contribution in [0.1, 0.15) is 10.4 Å². The van der Waals surface area contributed by atoms with E-state index in [1.54, 1.807) is 0 Å². The summed E-state index contributed by atoms with van der Waals surface area (Å²) in [5, 5.41) is 0.339. The molecule has 3 nitrogen and oxygen atoms in total. The van der Waals surface area contributed by atoms with E-state index in [2.05, 4.69) is 4.74 Å². The molecule has 0 bridgehead atoms. The van der Waals surface area contributed by atoms with E-state index in [-0.39, 0.29) is 17.9 Å². The molecule has 1 aromatic carbocycles. The Kier molecular flexibility index (Phi) is 4.77. The Hall–Kier alpha value is -1.27. The Morgan fingerprint density at radius 3 is 2.59 bits per heavy atom. The largest absolute Gasteiger partial charge is 0.522 e. The molecule has 0 aliphatic carbocycles. The molecule has 17 heavy (non-hydrogen) atoms. The monoisotopic (exact) mass is 268 g/mol. The van der Waals surface area contributed by atoms with E-state index in [0.717, 1.165) is 0 Å². The molecule has 0 atom stereocenters. The molecule has 0 aliphatic rings. The molecule has 0 heterocycles. The molecule has 0 aromatic heterocycles. The van der Waals surface area contributed by atoms with Crippen LogP contribution in [0, 0.1) is 0 Å². The second-order valence-corrected chi connectivity index (χ2v) is 3.38. The fourth-order valence-corrected chi connectivity index (χ4v) is 1.23. The Balaban J connectivity index is 2.49. The van der Waals surface area contributed by atoms with Gasteiger partial charge in [-0.2, -0.15) is 0 Å². The van der Waals surface area contributed by atoms with Crippen molar-refractivity contribution >= 4 is 17.9 Å². The van der Waals surface area contributed by atoms with Crippen molar-refractivity contribution in [2.45, 2.75) is 6.36 Å². The van der Waals surface area contributed by atoms with Gasteiger partial charge in [0.2, 0.25) is 0 Å². The lowest BCUT2D eigenvalue weighted by molar-refractivity contribution is -0.325. The van der Waals surface area contributed by atoms with Gasteiger partial charge in [0.05, 0.1) is 12.2 Å². The summed E-state index contributed by atoms with van der Waals surface area (Å²) in [6.07, 6.45) is -4.18. The molecule has 7 heteroatoms. The van der Waals surface area contributed by atoms with Crippen molar-refractivity contribution in [3.63, 3.8) is 0 Å². The van der Waals surface area contributed by atoms with Crippen molar-refractivity contribution in [1.29, 1.82) is 0 Å². The maximum Gasteiger partial charge on any atom is 0.522 e. The fourth-order valence-electron chi connectivity index (χ4n) is 1.05. The quantitative estimate of drug-likeness (QED) is 0.608. The van der Waals surface area contributed by atoms with Gasteiger partial charge in [0.25, 0.3) is 0 Å². The summed E-state index contributed by atoms with van der Waals surface area (Å²) in [6, 6.07) is 4.22. The topological polar surface area (TPSA) is 35.5 Å². The number of rotatable bonds is 5. The van der Waals surface area contributed by atoms with Crippen LogP contribution in [0.25, 0.3) is 0 Å². The summed E-state index contributed by atoms with van der Waals surface area (Å²) in [5.41, 5.74) is 0.171. The molecule has 0 fully saturated rings. The molecule has 1 rings (SSSR count). The SMILES string of the molecule is O=Cc1cc(Cl)ccc1OCCOC(F)(F)F. The van der Waals surface area contributed by atoms with Crippen LogP contribution in [0.5, 0.6) is 5.75 Å². The highest BCUT2D eigenvalue weighted by atomic mass is 35.5. The third-order valence-corrected chi connectivity index (χ3v) is 1.94. The number of ether oxygens (including phenoxy) is 2. The number of hydrogen-bond acceptors (Lipinski definition) is 3.